The number of aromatic nitrogens is 2. The lowest BCUT2D eigenvalue weighted by molar-refractivity contribution is 0.0661. The Labute approximate surface area is 108 Å². The number of hydrogen-bond acceptors (Lipinski definition) is 4. The second-order valence-electron chi connectivity index (χ2n) is 4.07. The summed E-state index contributed by atoms with van der Waals surface area (Å²) in [7, 11) is 0. The van der Waals surface area contributed by atoms with Crippen molar-refractivity contribution in [3.8, 4) is 0 Å². The van der Waals surface area contributed by atoms with Gasteiger partial charge in [-0.25, -0.2) is 9.78 Å². The predicted molar refractivity (Wildman–Crippen MR) is 69.1 cm³/mol. The minimum absolute atomic E-state index is 0.0323. The summed E-state index contributed by atoms with van der Waals surface area (Å²) in [6.45, 7) is 0.387. The summed E-state index contributed by atoms with van der Waals surface area (Å²) >= 11 is 0. The van der Waals surface area contributed by atoms with E-state index < -0.39 is 5.97 Å². The Morgan fingerprint density at radius 1 is 1.42 bits per heavy atom. The van der Waals surface area contributed by atoms with Gasteiger partial charge < -0.3 is 19.8 Å². The van der Waals surface area contributed by atoms with Gasteiger partial charge in [0, 0.05) is 17.8 Å². The van der Waals surface area contributed by atoms with Crippen LogP contribution in [0.5, 0.6) is 0 Å². The highest BCUT2D eigenvalue weighted by molar-refractivity contribution is 5.86. The zero-order valence-electron chi connectivity index (χ0n) is 9.88. The van der Waals surface area contributed by atoms with Crippen LogP contribution in [0.4, 0.5) is 5.69 Å². The number of nitrogens with zero attached hydrogens (tertiary/aromatic N) is 1. The zero-order valence-corrected chi connectivity index (χ0v) is 9.88. The van der Waals surface area contributed by atoms with Crippen molar-refractivity contribution in [2.45, 2.75) is 6.54 Å². The standard InChI is InChI=1S/C13H11N3O3/c17-13(18)12-8(3-4-19-12)6-14-9-1-2-10-11(5-9)16-7-15-10/h1-5,7,14H,6H2,(H,15,16)(H,17,18). The van der Waals surface area contributed by atoms with Gasteiger partial charge in [-0.05, 0) is 24.3 Å². The normalized spacial score (nSPS) is 10.7. The smallest absolute Gasteiger partial charge is 0.372 e. The molecule has 0 saturated heterocycles. The SMILES string of the molecule is O=C(O)c1occc1CNc1ccc2nc[nH]c2c1. The number of fused-ring (bicyclic) bond motifs is 1. The number of hydrogen-bond donors (Lipinski definition) is 3. The molecule has 96 valence electrons. The van der Waals surface area contributed by atoms with Gasteiger partial charge in [-0.1, -0.05) is 0 Å². The van der Waals surface area contributed by atoms with E-state index in [9.17, 15) is 4.79 Å². The summed E-state index contributed by atoms with van der Waals surface area (Å²) in [5, 5.41) is 12.1. The van der Waals surface area contributed by atoms with Gasteiger partial charge in [0.1, 0.15) is 0 Å². The molecule has 3 aromatic rings. The number of anilines is 1. The number of nitrogens with one attached hydrogen (secondary N) is 2. The van der Waals surface area contributed by atoms with E-state index in [1.807, 2.05) is 18.2 Å². The molecular weight excluding hydrogens is 246 g/mol. The van der Waals surface area contributed by atoms with Gasteiger partial charge in [0.15, 0.2) is 0 Å². The Hall–Kier alpha value is -2.76. The number of benzene rings is 1. The Kier molecular flexibility index (Phi) is 2.68. The number of imidazole rings is 1. The van der Waals surface area contributed by atoms with Crippen molar-refractivity contribution >= 4 is 22.7 Å². The molecule has 0 aliphatic carbocycles. The first-order valence-corrected chi connectivity index (χ1v) is 5.71. The van der Waals surface area contributed by atoms with Crippen molar-refractivity contribution in [3.63, 3.8) is 0 Å². The quantitative estimate of drug-likeness (QED) is 0.667. The molecular formula is C13H11N3O3. The number of furan rings is 1. The molecule has 2 aromatic heterocycles. The lowest BCUT2D eigenvalue weighted by Crippen LogP contribution is -2.04. The minimum Gasteiger partial charge on any atom is -0.475 e. The highest BCUT2D eigenvalue weighted by Crippen LogP contribution is 2.18. The second kappa shape index (κ2) is 4.49. The monoisotopic (exact) mass is 257 g/mol. The molecule has 0 amide bonds. The van der Waals surface area contributed by atoms with Gasteiger partial charge in [-0.15, -0.1) is 0 Å². The van der Waals surface area contributed by atoms with Gasteiger partial charge in [0.25, 0.3) is 0 Å². The number of carboxylic acids is 1. The molecule has 3 N–H and O–H groups in total. The Morgan fingerprint density at radius 2 is 2.32 bits per heavy atom. The molecule has 3 rings (SSSR count). The van der Waals surface area contributed by atoms with Crippen LogP contribution in [0.15, 0.2) is 41.3 Å². The Bertz CT molecular complexity index is 729. The van der Waals surface area contributed by atoms with Gasteiger partial charge in [-0.3, -0.25) is 0 Å². The van der Waals surface area contributed by atoms with Crippen LogP contribution >= 0.6 is 0 Å². The van der Waals surface area contributed by atoms with Crippen molar-refractivity contribution in [1.29, 1.82) is 0 Å². The van der Waals surface area contributed by atoms with E-state index in [0.29, 0.717) is 12.1 Å². The van der Waals surface area contributed by atoms with E-state index in [2.05, 4.69) is 15.3 Å². The topological polar surface area (TPSA) is 91.2 Å². The third-order valence-corrected chi connectivity index (χ3v) is 2.84. The molecule has 0 saturated carbocycles. The van der Waals surface area contributed by atoms with Crippen LogP contribution in [0, 0.1) is 0 Å². The lowest BCUT2D eigenvalue weighted by Gasteiger charge is -2.05. The average molecular weight is 257 g/mol. The van der Waals surface area contributed by atoms with Crippen LogP contribution in [0.3, 0.4) is 0 Å². The van der Waals surface area contributed by atoms with Gasteiger partial charge in [0.2, 0.25) is 5.76 Å². The van der Waals surface area contributed by atoms with Crippen molar-refractivity contribution in [2.24, 2.45) is 0 Å². The summed E-state index contributed by atoms with van der Waals surface area (Å²) in [4.78, 5) is 18.0. The molecule has 0 aliphatic heterocycles. The highest BCUT2D eigenvalue weighted by atomic mass is 16.4. The molecule has 6 nitrogen and oxygen atoms in total. The molecule has 0 bridgehead atoms. The number of rotatable bonds is 4. The molecule has 1 aromatic carbocycles. The Balaban J connectivity index is 1.78. The molecule has 0 unspecified atom stereocenters. The summed E-state index contributed by atoms with van der Waals surface area (Å²) in [5.74, 6) is -1.10. The van der Waals surface area contributed by atoms with Gasteiger partial charge >= 0.3 is 5.97 Å². The van der Waals surface area contributed by atoms with Gasteiger partial charge in [-0.2, -0.15) is 0 Å². The second-order valence-corrected chi connectivity index (χ2v) is 4.07. The summed E-state index contributed by atoms with van der Waals surface area (Å²) in [6, 6.07) is 7.35. The molecule has 19 heavy (non-hydrogen) atoms. The van der Waals surface area contributed by atoms with E-state index in [1.165, 1.54) is 6.26 Å². The lowest BCUT2D eigenvalue weighted by atomic mass is 10.2. The molecule has 0 radical (unpaired) electrons. The Morgan fingerprint density at radius 3 is 3.16 bits per heavy atom. The van der Waals surface area contributed by atoms with Crippen molar-refractivity contribution in [2.75, 3.05) is 5.32 Å². The van der Waals surface area contributed by atoms with E-state index >= 15 is 0 Å². The zero-order chi connectivity index (χ0) is 13.2. The van der Waals surface area contributed by atoms with Crippen molar-refractivity contribution in [1.82, 2.24) is 9.97 Å². The first-order valence-electron chi connectivity index (χ1n) is 5.71. The molecule has 0 atom stereocenters. The van der Waals surface area contributed by atoms with E-state index in [0.717, 1.165) is 16.7 Å². The molecule has 0 spiro atoms. The third-order valence-electron chi connectivity index (χ3n) is 2.84. The fourth-order valence-electron chi connectivity index (χ4n) is 1.91. The van der Waals surface area contributed by atoms with Gasteiger partial charge in [0.05, 0.1) is 23.6 Å². The third kappa shape index (κ3) is 2.15. The maximum absolute atomic E-state index is 10.9. The molecule has 0 aliphatic rings. The molecule has 6 heteroatoms. The van der Waals surface area contributed by atoms with Crippen LogP contribution in [0.2, 0.25) is 0 Å². The number of carboxylic acid groups (broad SMARTS) is 1. The van der Waals surface area contributed by atoms with Crippen LogP contribution in [0.1, 0.15) is 16.1 Å². The van der Waals surface area contributed by atoms with Crippen LogP contribution in [-0.2, 0) is 6.54 Å². The van der Waals surface area contributed by atoms with Crippen LogP contribution < -0.4 is 5.32 Å². The molecule has 0 fully saturated rings. The fourth-order valence-corrected chi connectivity index (χ4v) is 1.91. The maximum atomic E-state index is 10.9. The molecule has 2 heterocycles. The first-order chi connectivity index (χ1) is 9.24. The predicted octanol–water partition coefficient (Wildman–Crippen LogP) is 2.47. The largest absolute Gasteiger partial charge is 0.475 e. The number of aromatic amines is 1. The minimum atomic E-state index is -1.06. The van der Waals surface area contributed by atoms with Crippen LogP contribution in [-0.4, -0.2) is 21.0 Å². The van der Waals surface area contributed by atoms with Crippen LogP contribution in [0.25, 0.3) is 11.0 Å². The van der Waals surface area contributed by atoms with E-state index in [1.54, 1.807) is 12.4 Å². The van der Waals surface area contributed by atoms with Crippen molar-refractivity contribution in [3.05, 3.63) is 48.2 Å². The summed E-state index contributed by atoms with van der Waals surface area (Å²) in [6.07, 6.45) is 3.01. The summed E-state index contributed by atoms with van der Waals surface area (Å²) < 4.78 is 4.92. The number of carbonyl (C=O) groups is 1. The highest BCUT2D eigenvalue weighted by Gasteiger charge is 2.13. The first kappa shape index (κ1) is 11.3. The summed E-state index contributed by atoms with van der Waals surface area (Å²) in [5.41, 5.74) is 3.31. The number of aromatic carboxylic acids is 1. The van der Waals surface area contributed by atoms with E-state index in [-0.39, 0.29) is 5.76 Å². The van der Waals surface area contributed by atoms with Crippen molar-refractivity contribution < 1.29 is 14.3 Å². The maximum Gasteiger partial charge on any atom is 0.372 e. The fraction of sp³-hybridized carbons (Fsp3) is 0.0769. The number of H-pyrrole nitrogens is 1. The van der Waals surface area contributed by atoms with E-state index in [4.69, 9.17) is 9.52 Å². The average Bonchev–Trinajstić information content (AvgIpc) is 3.04.